The Morgan fingerprint density at radius 1 is 1.50 bits per heavy atom. The van der Waals surface area contributed by atoms with Crippen LogP contribution in [0.3, 0.4) is 0 Å². The lowest BCUT2D eigenvalue weighted by atomic mass is 9.89. The molecule has 3 heteroatoms. The second-order valence-corrected chi connectivity index (χ2v) is 4.32. The third kappa shape index (κ3) is 2.23. The normalized spacial score (nSPS) is 11.9. The van der Waals surface area contributed by atoms with Gasteiger partial charge in [-0.3, -0.25) is 4.68 Å². The smallest absolute Gasteiger partial charge is 0.0912 e. The Balaban J connectivity index is 3.17. The molecule has 14 heavy (non-hydrogen) atoms. The lowest BCUT2D eigenvalue weighted by molar-refractivity contribution is 0.552. The highest BCUT2D eigenvalue weighted by molar-refractivity contribution is 5.54. The number of rotatable bonds is 1. The molecule has 0 N–H and O–H groups in total. The van der Waals surface area contributed by atoms with Crippen molar-refractivity contribution in [1.29, 1.82) is 5.26 Å². The van der Waals surface area contributed by atoms with E-state index in [9.17, 15) is 0 Å². The van der Waals surface area contributed by atoms with Crippen molar-refractivity contribution in [2.45, 2.75) is 26.2 Å². The molecule has 0 spiro atoms. The highest BCUT2D eigenvalue weighted by Gasteiger charge is 2.20. The van der Waals surface area contributed by atoms with Gasteiger partial charge < -0.3 is 0 Å². The quantitative estimate of drug-likeness (QED) is 0.636. The topological polar surface area (TPSA) is 41.6 Å². The van der Waals surface area contributed by atoms with Crippen LogP contribution < -0.4 is 0 Å². The fourth-order valence-electron chi connectivity index (χ4n) is 1.34. The fourth-order valence-corrected chi connectivity index (χ4v) is 1.34. The van der Waals surface area contributed by atoms with E-state index in [1.54, 1.807) is 10.8 Å². The van der Waals surface area contributed by atoms with Crippen LogP contribution in [0, 0.1) is 11.3 Å². The van der Waals surface area contributed by atoms with Crippen LogP contribution in [0.1, 0.15) is 32.0 Å². The summed E-state index contributed by atoms with van der Waals surface area (Å²) in [5.74, 6) is 0. The van der Waals surface area contributed by atoms with Crippen LogP contribution >= 0.6 is 0 Å². The number of aryl methyl sites for hydroxylation is 1. The first-order valence-corrected chi connectivity index (χ1v) is 4.55. The predicted octanol–water partition coefficient (Wildman–Crippen LogP) is 2.25. The van der Waals surface area contributed by atoms with Crippen LogP contribution in [0.4, 0.5) is 0 Å². The first-order valence-electron chi connectivity index (χ1n) is 4.55. The van der Waals surface area contributed by atoms with Crippen molar-refractivity contribution in [2.24, 2.45) is 7.05 Å². The van der Waals surface area contributed by atoms with Crippen LogP contribution in [-0.2, 0) is 12.5 Å². The highest BCUT2D eigenvalue weighted by Crippen LogP contribution is 2.24. The van der Waals surface area contributed by atoms with Crippen molar-refractivity contribution >= 4 is 6.08 Å². The summed E-state index contributed by atoms with van der Waals surface area (Å²) >= 11 is 0. The van der Waals surface area contributed by atoms with Gasteiger partial charge in [-0.15, -0.1) is 0 Å². The Morgan fingerprint density at radius 3 is 2.64 bits per heavy atom. The molecule has 0 atom stereocenters. The van der Waals surface area contributed by atoms with Crippen molar-refractivity contribution in [3.63, 3.8) is 0 Å². The lowest BCUT2D eigenvalue weighted by Gasteiger charge is -2.16. The van der Waals surface area contributed by atoms with E-state index in [2.05, 4.69) is 25.9 Å². The summed E-state index contributed by atoms with van der Waals surface area (Å²) in [7, 11) is 1.89. The molecule has 0 aliphatic carbocycles. The van der Waals surface area contributed by atoms with Gasteiger partial charge in [0.25, 0.3) is 0 Å². The summed E-state index contributed by atoms with van der Waals surface area (Å²) in [6.07, 6.45) is 5.20. The third-order valence-corrected chi connectivity index (χ3v) is 1.90. The first kappa shape index (κ1) is 10.5. The second-order valence-electron chi connectivity index (χ2n) is 4.32. The van der Waals surface area contributed by atoms with Crippen molar-refractivity contribution in [3.05, 3.63) is 23.5 Å². The van der Waals surface area contributed by atoms with Gasteiger partial charge in [-0.25, -0.2) is 0 Å². The average Bonchev–Trinajstić information content (AvgIpc) is 2.42. The van der Waals surface area contributed by atoms with E-state index in [1.165, 1.54) is 6.08 Å². The maximum atomic E-state index is 8.46. The Bertz CT molecular complexity index is 386. The van der Waals surface area contributed by atoms with E-state index in [4.69, 9.17) is 5.26 Å². The van der Waals surface area contributed by atoms with Gasteiger partial charge >= 0.3 is 0 Å². The van der Waals surface area contributed by atoms with Gasteiger partial charge in [0.15, 0.2) is 0 Å². The van der Waals surface area contributed by atoms with Crippen molar-refractivity contribution in [2.75, 3.05) is 0 Å². The largest absolute Gasteiger partial charge is 0.275 e. The molecule has 1 aromatic heterocycles. The minimum Gasteiger partial charge on any atom is -0.275 e. The van der Waals surface area contributed by atoms with E-state index in [0.717, 1.165) is 11.3 Å². The summed E-state index contributed by atoms with van der Waals surface area (Å²) in [4.78, 5) is 0. The Labute approximate surface area is 84.7 Å². The van der Waals surface area contributed by atoms with Crippen molar-refractivity contribution in [1.82, 2.24) is 9.78 Å². The summed E-state index contributed by atoms with van der Waals surface area (Å²) in [5.41, 5.74) is 2.05. The van der Waals surface area contributed by atoms with E-state index < -0.39 is 0 Å². The number of nitrogens with zero attached hydrogens (tertiary/aromatic N) is 3. The molecule has 0 saturated carbocycles. The fraction of sp³-hybridized carbons (Fsp3) is 0.455. The molecule has 0 radical (unpaired) electrons. The molecule has 0 aromatic carbocycles. The highest BCUT2D eigenvalue weighted by atomic mass is 15.3. The van der Waals surface area contributed by atoms with Crippen molar-refractivity contribution in [3.8, 4) is 6.07 Å². The van der Waals surface area contributed by atoms with E-state index >= 15 is 0 Å². The van der Waals surface area contributed by atoms with Gasteiger partial charge in [-0.05, 0) is 6.08 Å². The van der Waals surface area contributed by atoms with E-state index in [1.807, 2.05) is 19.3 Å². The molecule has 74 valence electrons. The maximum absolute atomic E-state index is 8.46. The zero-order valence-corrected chi connectivity index (χ0v) is 9.07. The lowest BCUT2D eigenvalue weighted by Crippen LogP contribution is -2.13. The molecule has 0 aliphatic rings. The number of hydrogen-bond donors (Lipinski definition) is 0. The molecule has 1 heterocycles. The molecule has 3 nitrogen and oxygen atoms in total. The third-order valence-electron chi connectivity index (χ3n) is 1.90. The van der Waals surface area contributed by atoms with Crippen LogP contribution in [0.25, 0.3) is 6.08 Å². The number of aromatic nitrogens is 2. The molecule has 1 rings (SSSR count). The standard InChI is InChI=1S/C11H15N3/c1-11(2,3)10-9(6-5-7-12)8-14(4)13-10/h5-6,8H,1-4H3/b6-5+. The molecule has 0 aliphatic heterocycles. The minimum atomic E-state index is 0.0103. The minimum absolute atomic E-state index is 0.0103. The number of allylic oxidation sites excluding steroid dienone is 1. The van der Waals surface area contributed by atoms with Gasteiger partial charge in [0, 0.05) is 30.3 Å². The van der Waals surface area contributed by atoms with Crippen LogP contribution in [-0.4, -0.2) is 9.78 Å². The summed E-state index contributed by atoms with van der Waals surface area (Å²) in [5, 5.41) is 12.9. The molecular formula is C11H15N3. The first-order chi connectivity index (χ1) is 6.45. The molecule has 0 bridgehead atoms. The van der Waals surface area contributed by atoms with Gasteiger partial charge in [0.2, 0.25) is 0 Å². The summed E-state index contributed by atoms with van der Waals surface area (Å²) < 4.78 is 1.78. The van der Waals surface area contributed by atoms with Gasteiger partial charge in [-0.2, -0.15) is 10.4 Å². The van der Waals surface area contributed by atoms with Crippen LogP contribution in [0.2, 0.25) is 0 Å². The zero-order chi connectivity index (χ0) is 10.8. The number of nitriles is 1. The van der Waals surface area contributed by atoms with Gasteiger partial charge in [0.1, 0.15) is 0 Å². The number of hydrogen-bond acceptors (Lipinski definition) is 2. The molecule has 0 fully saturated rings. The van der Waals surface area contributed by atoms with Gasteiger partial charge in [-0.1, -0.05) is 20.8 Å². The Morgan fingerprint density at radius 2 is 2.14 bits per heavy atom. The molecule has 0 unspecified atom stereocenters. The van der Waals surface area contributed by atoms with Crippen molar-refractivity contribution < 1.29 is 0 Å². The molecular weight excluding hydrogens is 174 g/mol. The van der Waals surface area contributed by atoms with Crippen LogP contribution in [0.5, 0.6) is 0 Å². The average molecular weight is 189 g/mol. The Kier molecular flexibility index (Phi) is 2.76. The second kappa shape index (κ2) is 3.67. The summed E-state index contributed by atoms with van der Waals surface area (Å²) in [6.45, 7) is 6.33. The molecule has 0 amide bonds. The van der Waals surface area contributed by atoms with Gasteiger partial charge in [0.05, 0.1) is 11.8 Å². The maximum Gasteiger partial charge on any atom is 0.0912 e. The monoisotopic (exact) mass is 189 g/mol. The SMILES string of the molecule is Cn1cc(/C=C/C#N)c(C(C)(C)C)n1. The summed E-state index contributed by atoms with van der Waals surface area (Å²) in [6, 6.07) is 1.99. The molecule has 0 saturated heterocycles. The Hall–Kier alpha value is -1.56. The van der Waals surface area contributed by atoms with E-state index in [-0.39, 0.29) is 5.41 Å². The van der Waals surface area contributed by atoms with E-state index in [0.29, 0.717) is 0 Å². The van der Waals surface area contributed by atoms with Crippen LogP contribution in [0.15, 0.2) is 12.3 Å². The predicted molar refractivity (Wildman–Crippen MR) is 56.6 cm³/mol. The molecule has 1 aromatic rings. The zero-order valence-electron chi connectivity index (χ0n) is 9.07.